The van der Waals surface area contributed by atoms with Gasteiger partial charge in [0.25, 0.3) is 5.69 Å². The zero-order valence-corrected chi connectivity index (χ0v) is 11.9. The molecule has 0 fully saturated rings. The first-order chi connectivity index (χ1) is 9.59. The summed E-state index contributed by atoms with van der Waals surface area (Å²) < 4.78 is 5.46. The molecule has 0 amide bonds. The van der Waals surface area contributed by atoms with Crippen molar-refractivity contribution in [3.05, 3.63) is 27.8 Å². The third kappa shape index (κ3) is 3.39. The number of fused-ring (bicyclic) bond motifs is 1. The zero-order chi connectivity index (χ0) is 14.5. The number of anilines is 2. The predicted molar refractivity (Wildman–Crippen MR) is 79.5 cm³/mol. The summed E-state index contributed by atoms with van der Waals surface area (Å²) in [6.07, 6.45) is 1.86. The van der Waals surface area contributed by atoms with Crippen LogP contribution in [-0.4, -0.2) is 30.7 Å². The molecule has 2 N–H and O–H groups in total. The first kappa shape index (κ1) is 14.6. The number of benzene rings is 1. The van der Waals surface area contributed by atoms with Crippen LogP contribution in [0, 0.1) is 10.1 Å². The Morgan fingerprint density at radius 3 is 3.00 bits per heavy atom. The van der Waals surface area contributed by atoms with Gasteiger partial charge in [0, 0.05) is 37.0 Å². The summed E-state index contributed by atoms with van der Waals surface area (Å²) in [5.41, 5.74) is 2.82. The molecule has 1 heterocycles. The monoisotopic (exact) mass is 279 g/mol. The molecule has 0 atom stereocenters. The second-order valence-electron chi connectivity index (χ2n) is 5.12. The molecule has 20 heavy (non-hydrogen) atoms. The molecule has 6 heteroatoms. The molecule has 110 valence electrons. The lowest BCUT2D eigenvalue weighted by molar-refractivity contribution is -0.384. The number of nitrogens with zero attached hydrogens (tertiary/aromatic N) is 1. The Morgan fingerprint density at radius 2 is 2.30 bits per heavy atom. The Morgan fingerprint density at radius 1 is 1.50 bits per heavy atom. The van der Waals surface area contributed by atoms with E-state index in [1.165, 1.54) is 0 Å². The smallest absolute Gasteiger partial charge is 0.292 e. The molecule has 1 aromatic rings. The summed E-state index contributed by atoms with van der Waals surface area (Å²) in [5, 5.41) is 17.6. The van der Waals surface area contributed by atoms with Gasteiger partial charge < -0.3 is 15.4 Å². The fourth-order valence-corrected chi connectivity index (χ4v) is 2.34. The molecule has 0 aliphatic carbocycles. The number of rotatable bonds is 7. The van der Waals surface area contributed by atoms with Crippen LogP contribution in [0.2, 0.25) is 0 Å². The summed E-state index contributed by atoms with van der Waals surface area (Å²) in [6.45, 7) is 6.15. The molecule has 1 aliphatic heterocycles. The van der Waals surface area contributed by atoms with Gasteiger partial charge in [-0.05, 0) is 32.8 Å². The molecule has 0 aromatic heterocycles. The number of hydrogen-bond donors (Lipinski definition) is 2. The van der Waals surface area contributed by atoms with E-state index in [0.717, 1.165) is 30.6 Å². The van der Waals surface area contributed by atoms with Crippen molar-refractivity contribution in [2.75, 3.05) is 30.3 Å². The van der Waals surface area contributed by atoms with Crippen molar-refractivity contribution in [1.29, 1.82) is 0 Å². The van der Waals surface area contributed by atoms with Gasteiger partial charge in [0.05, 0.1) is 11.0 Å². The summed E-state index contributed by atoms with van der Waals surface area (Å²) >= 11 is 0. The van der Waals surface area contributed by atoms with Crippen LogP contribution < -0.4 is 10.6 Å². The minimum absolute atomic E-state index is 0.150. The first-order valence-electron chi connectivity index (χ1n) is 6.99. The summed E-state index contributed by atoms with van der Waals surface area (Å²) in [6, 6.07) is 3.34. The van der Waals surface area contributed by atoms with Crippen molar-refractivity contribution in [3.63, 3.8) is 0 Å². The Hall–Kier alpha value is -1.82. The molecule has 1 aliphatic rings. The van der Waals surface area contributed by atoms with Gasteiger partial charge >= 0.3 is 0 Å². The number of hydrogen-bond acceptors (Lipinski definition) is 5. The average Bonchev–Trinajstić information content (AvgIpc) is 2.86. The molecule has 0 bridgehead atoms. The van der Waals surface area contributed by atoms with E-state index >= 15 is 0 Å². The second kappa shape index (κ2) is 6.56. The Bertz CT molecular complexity index is 489. The number of nitrogens with one attached hydrogen (secondary N) is 2. The second-order valence-corrected chi connectivity index (χ2v) is 5.12. The van der Waals surface area contributed by atoms with E-state index < -0.39 is 0 Å². The van der Waals surface area contributed by atoms with Crippen molar-refractivity contribution < 1.29 is 9.66 Å². The van der Waals surface area contributed by atoms with E-state index in [2.05, 4.69) is 10.6 Å². The molecule has 0 radical (unpaired) electrons. The highest BCUT2D eigenvalue weighted by Gasteiger charge is 2.23. The first-order valence-corrected chi connectivity index (χ1v) is 6.99. The largest absolute Gasteiger partial charge is 0.384 e. The Balaban J connectivity index is 2.02. The van der Waals surface area contributed by atoms with Crippen molar-refractivity contribution in [2.45, 2.75) is 32.8 Å². The van der Waals surface area contributed by atoms with Crippen molar-refractivity contribution in [3.8, 4) is 0 Å². The highest BCUT2D eigenvalue weighted by Crippen LogP contribution is 2.36. The molecular formula is C14H21N3O3. The van der Waals surface area contributed by atoms with Gasteiger partial charge in [-0.1, -0.05) is 0 Å². The van der Waals surface area contributed by atoms with E-state index in [-0.39, 0.29) is 16.7 Å². The molecule has 6 nitrogen and oxygen atoms in total. The minimum Gasteiger partial charge on any atom is -0.384 e. The highest BCUT2D eigenvalue weighted by molar-refractivity contribution is 5.76. The fraction of sp³-hybridized carbons (Fsp3) is 0.571. The van der Waals surface area contributed by atoms with Gasteiger partial charge in [-0.2, -0.15) is 0 Å². The molecule has 0 spiro atoms. The molecule has 0 saturated carbocycles. The lowest BCUT2D eigenvalue weighted by atomic mass is 10.1. The lowest BCUT2D eigenvalue weighted by Crippen LogP contribution is -2.11. The van der Waals surface area contributed by atoms with Crippen LogP contribution in [0.3, 0.4) is 0 Å². The fourth-order valence-electron chi connectivity index (χ4n) is 2.34. The average molecular weight is 279 g/mol. The number of nitro groups is 1. The molecule has 0 unspecified atom stereocenters. The summed E-state index contributed by atoms with van der Waals surface area (Å²) in [5.74, 6) is 0. The van der Waals surface area contributed by atoms with Gasteiger partial charge in [-0.25, -0.2) is 0 Å². The Kier molecular flexibility index (Phi) is 4.79. The quantitative estimate of drug-likeness (QED) is 0.456. The van der Waals surface area contributed by atoms with Gasteiger partial charge in [0.2, 0.25) is 0 Å². The van der Waals surface area contributed by atoms with Crippen LogP contribution in [0.4, 0.5) is 17.1 Å². The molecule has 1 aromatic carbocycles. The SMILES string of the molecule is CC(C)OCCCNc1c([N+](=O)[O-])ccc2c1CCN2. The van der Waals surface area contributed by atoms with E-state index in [9.17, 15) is 10.1 Å². The van der Waals surface area contributed by atoms with Crippen LogP contribution in [0.1, 0.15) is 25.8 Å². The van der Waals surface area contributed by atoms with Crippen LogP contribution in [0.15, 0.2) is 12.1 Å². The van der Waals surface area contributed by atoms with E-state index in [0.29, 0.717) is 18.8 Å². The minimum atomic E-state index is -0.328. The maximum Gasteiger partial charge on any atom is 0.292 e. The predicted octanol–water partition coefficient (Wildman–Crippen LogP) is 2.79. The normalized spacial score (nSPS) is 13.2. The maximum atomic E-state index is 11.1. The van der Waals surface area contributed by atoms with Crippen LogP contribution >= 0.6 is 0 Å². The molecule has 0 saturated heterocycles. The van der Waals surface area contributed by atoms with Crippen LogP contribution in [0.25, 0.3) is 0 Å². The van der Waals surface area contributed by atoms with Crippen LogP contribution in [0.5, 0.6) is 0 Å². The van der Waals surface area contributed by atoms with Gasteiger partial charge in [-0.3, -0.25) is 10.1 Å². The number of ether oxygens (including phenoxy) is 1. The molecular weight excluding hydrogens is 258 g/mol. The van der Waals surface area contributed by atoms with Gasteiger partial charge in [0.1, 0.15) is 5.69 Å². The molecule has 2 rings (SSSR count). The van der Waals surface area contributed by atoms with E-state index in [1.54, 1.807) is 12.1 Å². The summed E-state index contributed by atoms with van der Waals surface area (Å²) in [7, 11) is 0. The summed E-state index contributed by atoms with van der Waals surface area (Å²) in [4.78, 5) is 10.8. The Labute approximate surface area is 118 Å². The van der Waals surface area contributed by atoms with Gasteiger partial charge in [0.15, 0.2) is 0 Å². The maximum absolute atomic E-state index is 11.1. The topological polar surface area (TPSA) is 76.4 Å². The van der Waals surface area contributed by atoms with Crippen molar-refractivity contribution in [1.82, 2.24) is 0 Å². The third-order valence-electron chi connectivity index (χ3n) is 3.25. The van der Waals surface area contributed by atoms with Gasteiger partial charge in [-0.15, -0.1) is 0 Å². The van der Waals surface area contributed by atoms with Crippen molar-refractivity contribution >= 4 is 17.1 Å². The van der Waals surface area contributed by atoms with Crippen LogP contribution in [-0.2, 0) is 11.2 Å². The zero-order valence-electron chi connectivity index (χ0n) is 11.9. The third-order valence-corrected chi connectivity index (χ3v) is 3.25. The van der Waals surface area contributed by atoms with E-state index in [4.69, 9.17) is 4.74 Å². The van der Waals surface area contributed by atoms with E-state index in [1.807, 2.05) is 13.8 Å². The number of nitro benzene ring substituents is 1. The highest BCUT2D eigenvalue weighted by atomic mass is 16.6. The van der Waals surface area contributed by atoms with Crippen molar-refractivity contribution in [2.24, 2.45) is 0 Å². The lowest BCUT2D eigenvalue weighted by Gasteiger charge is -2.12. The standard InChI is InChI=1S/C14H21N3O3/c1-10(2)20-9-3-7-16-14-11-6-8-15-12(11)4-5-13(14)17(18)19/h4-5,10,15-16H,3,6-9H2,1-2H3.